The molecule has 6 rings (SSSR count). The molecule has 4 aliphatic rings. The molecule has 0 unspecified atom stereocenters. The van der Waals surface area contributed by atoms with Crippen LogP contribution in [0.3, 0.4) is 0 Å². The molecule has 3 fully saturated rings. The molecule has 0 aromatic heterocycles. The number of likely N-dealkylation sites (tertiary alicyclic amines) is 1. The lowest BCUT2D eigenvalue weighted by molar-refractivity contribution is -0.139. The monoisotopic (exact) mass is 458 g/mol. The Kier molecular flexibility index (Phi) is 4.72. The molecule has 0 bridgehead atoms. The number of aliphatic imine (C=N–C) groups is 1. The lowest BCUT2D eigenvalue weighted by Gasteiger charge is -2.41. The molecule has 2 saturated carbocycles. The van der Waals surface area contributed by atoms with Gasteiger partial charge in [0, 0.05) is 37.0 Å². The molecule has 8 nitrogen and oxygen atoms in total. The molecule has 2 N–H and O–H groups in total. The van der Waals surface area contributed by atoms with Gasteiger partial charge in [0.15, 0.2) is 0 Å². The van der Waals surface area contributed by atoms with Gasteiger partial charge < -0.3 is 15.3 Å². The van der Waals surface area contributed by atoms with Crippen molar-refractivity contribution >= 4 is 29.7 Å². The number of carbonyl (C=O) groups excluding carboxylic acids is 3. The summed E-state index contributed by atoms with van der Waals surface area (Å²) in [6.45, 7) is 2.03. The van der Waals surface area contributed by atoms with Crippen molar-refractivity contribution in [3.8, 4) is 16.9 Å². The van der Waals surface area contributed by atoms with Crippen LogP contribution in [-0.2, 0) is 14.4 Å². The lowest BCUT2D eigenvalue weighted by atomic mass is 9.97. The van der Waals surface area contributed by atoms with Gasteiger partial charge in [0.2, 0.25) is 12.3 Å². The molecule has 0 atom stereocenters. The second-order valence-electron chi connectivity index (χ2n) is 9.84. The summed E-state index contributed by atoms with van der Waals surface area (Å²) >= 11 is 0. The number of phenolic OH excluding ortho intramolecular Hbond substituents is 1. The first-order valence-corrected chi connectivity index (χ1v) is 11.8. The largest absolute Gasteiger partial charge is 0.506 e. The van der Waals surface area contributed by atoms with Gasteiger partial charge in [0.1, 0.15) is 17.1 Å². The van der Waals surface area contributed by atoms with E-state index in [1.807, 2.05) is 34.1 Å². The maximum atomic E-state index is 13.2. The predicted molar refractivity (Wildman–Crippen MR) is 126 cm³/mol. The van der Waals surface area contributed by atoms with E-state index in [9.17, 15) is 19.5 Å². The maximum absolute atomic E-state index is 13.2. The van der Waals surface area contributed by atoms with E-state index in [2.05, 4.69) is 5.32 Å². The third-order valence-electron chi connectivity index (χ3n) is 7.27. The molecule has 174 valence electrons. The van der Waals surface area contributed by atoms with Crippen molar-refractivity contribution < 1.29 is 19.5 Å². The summed E-state index contributed by atoms with van der Waals surface area (Å²) in [7, 11) is 0. The third-order valence-corrected chi connectivity index (χ3v) is 7.27. The first-order chi connectivity index (χ1) is 16.5. The van der Waals surface area contributed by atoms with Crippen LogP contribution in [0.25, 0.3) is 11.1 Å². The van der Waals surface area contributed by atoms with Crippen LogP contribution in [0.5, 0.6) is 5.75 Å². The summed E-state index contributed by atoms with van der Waals surface area (Å²) in [4.78, 5) is 44.8. The molecule has 2 aliphatic carbocycles. The third kappa shape index (κ3) is 3.54. The van der Waals surface area contributed by atoms with Crippen LogP contribution in [0, 0.1) is 11.8 Å². The number of carbonyl (C=O) groups is 3. The van der Waals surface area contributed by atoms with Crippen molar-refractivity contribution in [2.75, 3.05) is 25.0 Å². The standard InChI is InChI=1S/C26H26N4O4/c31-15-27-21-11-20(7-8-22(21)32)17-1-3-18(4-2-17)23-28-26(9-10-26)25(34)30(23)14-16-12-29(13-16)24(33)19-5-6-19/h1-4,7-8,11,15-16,19,32H,5-6,9-10,12-14H2,(H,27,31). The van der Waals surface area contributed by atoms with Gasteiger partial charge in [-0.05, 0) is 48.9 Å². The molecule has 1 saturated heterocycles. The maximum Gasteiger partial charge on any atom is 0.256 e. The van der Waals surface area contributed by atoms with Crippen molar-refractivity contribution in [3.63, 3.8) is 0 Å². The topological polar surface area (TPSA) is 102 Å². The van der Waals surface area contributed by atoms with Crippen LogP contribution in [0.2, 0.25) is 0 Å². The number of nitrogens with zero attached hydrogens (tertiary/aromatic N) is 3. The number of rotatable bonds is 7. The van der Waals surface area contributed by atoms with Gasteiger partial charge in [-0.15, -0.1) is 0 Å². The highest BCUT2D eigenvalue weighted by molar-refractivity contribution is 6.16. The Bertz CT molecular complexity index is 1210. The normalized spacial score (nSPS) is 20.8. The summed E-state index contributed by atoms with van der Waals surface area (Å²) in [6.07, 6.45) is 4.14. The minimum Gasteiger partial charge on any atom is -0.506 e. The quantitative estimate of drug-likeness (QED) is 0.492. The molecule has 2 heterocycles. The first-order valence-electron chi connectivity index (χ1n) is 11.8. The van der Waals surface area contributed by atoms with Crippen molar-refractivity contribution in [2.24, 2.45) is 16.8 Å². The van der Waals surface area contributed by atoms with Crippen molar-refractivity contribution in [3.05, 3.63) is 48.0 Å². The molecule has 2 aromatic carbocycles. The van der Waals surface area contributed by atoms with Crippen LogP contribution in [0.4, 0.5) is 5.69 Å². The minimum absolute atomic E-state index is 0.00468. The number of aromatic hydroxyl groups is 1. The lowest BCUT2D eigenvalue weighted by Crippen LogP contribution is -2.55. The highest BCUT2D eigenvalue weighted by Gasteiger charge is 2.57. The van der Waals surface area contributed by atoms with E-state index in [4.69, 9.17) is 4.99 Å². The van der Waals surface area contributed by atoms with Gasteiger partial charge in [-0.1, -0.05) is 30.3 Å². The fraction of sp³-hybridized carbons (Fsp3) is 0.385. The Balaban J connectivity index is 1.20. The summed E-state index contributed by atoms with van der Waals surface area (Å²) in [5.41, 5.74) is 2.43. The van der Waals surface area contributed by atoms with E-state index in [-0.39, 0.29) is 29.4 Å². The van der Waals surface area contributed by atoms with E-state index >= 15 is 0 Å². The number of phenols is 1. The Hall–Kier alpha value is -3.68. The predicted octanol–water partition coefficient (Wildman–Crippen LogP) is 2.62. The number of amidine groups is 1. The molecule has 2 aromatic rings. The Morgan fingerprint density at radius 3 is 2.41 bits per heavy atom. The Labute approximate surface area is 197 Å². The van der Waals surface area contributed by atoms with E-state index in [1.165, 1.54) is 0 Å². The highest BCUT2D eigenvalue weighted by atomic mass is 16.3. The smallest absolute Gasteiger partial charge is 0.256 e. The van der Waals surface area contributed by atoms with Gasteiger partial charge in [-0.3, -0.25) is 24.3 Å². The van der Waals surface area contributed by atoms with Crippen molar-refractivity contribution in [1.29, 1.82) is 0 Å². The molecule has 34 heavy (non-hydrogen) atoms. The van der Waals surface area contributed by atoms with Gasteiger partial charge in [0.25, 0.3) is 5.91 Å². The number of amides is 3. The molecule has 8 heteroatoms. The Morgan fingerprint density at radius 2 is 1.76 bits per heavy atom. The number of nitrogens with one attached hydrogen (secondary N) is 1. The fourth-order valence-corrected chi connectivity index (χ4v) is 4.91. The molecular weight excluding hydrogens is 432 g/mol. The summed E-state index contributed by atoms with van der Waals surface area (Å²) in [6, 6.07) is 12.9. The Morgan fingerprint density at radius 1 is 1.09 bits per heavy atom. The zero-order valence-corrected chi connectivity index (χ0v) is 18.7. The van der Waals surface area contributed by atoms with Gasteiger partial charge in [-0.25, -0.2) is 0 Å². The zero-order valence-electron chi connectivity index (χ0n) is 18.7. The van der Waals surface area contributed by atoms with E-state index in [1.54, 1.807) is 18.2 Å². The SMILES string of the molecule is O=CNc1cc(-c2ccc(C3=NC4(CC4)C(=O)N3CC3CN(C(=O)C4CC4)C3)cc2)ccc1O. The van der Waals surface area contributed by atoms with Gasteiger partial charge in [0.05, 0.1) is 5.69 Å². The molecule has 3 amide bonds. The highest BCUT2D eigenvalue weighted by Crippen LogP contribution is 2.46. The van der Waals surface area contributed by atoms with Crippen LogP contribution < -0.4 is 5.32 Å². The van der Waals surface area contributed by atoms with Crippen LogP contribution in [-0.4, -0.2) is 64.1 Å². The second kappa shape index (κ2) is 7.68. The van der Waals surface area contributed by atoms with Gasteiger partial charge >= 0.3 is 0 Å². The number of hydrogen-bond acceptors (Lipinski definition) is 5. The molecule has 0 radical (unpaired) electrons. The van der Waals surface area contributed by atoms with Crippen LogP contribution >= 0.6 is 0 Å². The minimum atomic E-state index is -0.576. The first kappa shape index (κ1) is 20.9. The fourth-order valence-electron chi connectivity index (χ4n) is 4.91. The molecular formula is C26H26N4O4. The average molecular weight is 459 g/mol. The van der Waals surface area contributed by atoms with Gasteiger partial charge in [-0.2, -0.15) is 0 Å². The molecule has 2 aliphatic heterocycles. The number of hydrogen-bond donors (Lipinski definition) is 2. The second-order valence-corrected chi connectivity index (χ2v) is 9.84. The van der Waals surface area contributed by atoms with Crippen LogP contribution in [0.1, 0.15) is 31.2 Å². The zero-order chi connectivity index (χ0) is 23.4. The number of benzene rings is 2. The van der Waals surface area contributed by atoms with Crippen molar-refractivity contribution in [2.45, 2.75) is 31.2 Å². The average Bonchev–Trinajstić information content (AvgIpc) is 3.73. The van der Waals surface area contributed by atoms with E-state index in [0.717, 1.165) is 61.3 Å². The van der Waals surface area contributed by atoms with E-state index < -0.39 is 5.54 Å². The van der Waals surface area contributed by atoms with Crippen LogP contribution in [0.15, 0.2) is 47.5 Å². The molecule has 1 spiro atoms. The summed E-state index contributed by atoms with van der Waals surface area (Å²) in [5, 5.41) is 12.4. The summed E-state index contributed by atoms with van der Waals surface area (Å²) < 4.78 is 0. The number of anilines is 1. The summed E-state index contributed by atoms with van der Waals surface area (Å²) in [5.74, 6) is 1.60. The van der Waals surface area contributed by atoms with Crippen molar-refractivity contribution in [1.82, 2.24) is 9.80 Å². The van der Waals surface area contributed by atoms with E-state index in [0.29, 0.717) is 18.6 Å².